The van der Waals surface area contributed by atoms with Gasteiger partial charge in [0.15, 0.2) is 11.5 Å². The van der Waals surface area contributed by atoms with E-state index in [0.717, 1.165) is 16.5 Å². The molecule has 0 aliphatic rings. The summed E-state index contributed by atoms with van der Waals surface area (Å²) in [6.45, 7) is 1.40. The van der Waals surface area contributed by atoms with E-state index in [9.17, 15) is 9.59 Å². The number of hydrogen-bond acceptors (Lipinski definition) is 6. The van der Waals surface area contributed by atoms with Gasteiger partial charge in [-0.25, -0.2) is 5.43 Å². The Hall–Kier alpha value is -3.87. The van der Waals surface area contributed by atoms with Crippen molar-refractivity contribution in [3.8, 4) is 11.5 Å². The Morgan fingerprint density at radius 3 is 2.62 bits per heavy atom. The number of fused-ring (bicyclic) bond motifs is 1. The zero-order valence-corrected chi connectivity index (χ0v) is 16.1. The molecule has 0 aliphatic carbocycles. The fraction of sp³-hybridized carbons (Fsp3) is 0.136. The maximum absolute atomic E-state index is 12.1. The topological polar surface area (TPSA) is 89.0 Å². The first-order valence-electron chi connectivity index (χ1n) is 8.97. The summed E-state index contributed by atoms with van der Waals surface area (Å²) in [5, 5.41) is 9.23. The molecule has 0 aromatic heterocycles. The van der Waals surface area contributed by atoms with E-state index < -0.39 is 5.97 Å². The molecule has 0 heterocycles. The van der Waals surface area contributed by atoms with E-state index in [-0.39, 0.29) is 12.5 Å². The summed E-state index contributed by atoms with van der Waals surface area (Å²) in [6, 6.07) is 18.8. The highest BCUT2D eigenvalue weighted by molar-refractivity contribution is 5.95. The van der Waals surface area contributed by atoms with E-state index in [0.29, 0.717) is 17.1 Å². The first-order valence-corrected chi connectivity index (χ1v) is 8.97. The van der Waals surface area contributed by atoms with E-state index in [1.54, 1.807) is 18.2 Å². The number of nitrogens with zero attached hydrogens (tertiary/aromatic N) is 1. The van der Waals surface area contributed by atoms with E-state index in [2.05, 4.69) is 15.8 Å². The van der Waals surface area contributed by atoms with Crippen LogP contribution < -0.4 is 20.2 Å². The lowest BCUT2D eigenvalue weighted by Gasteiger charge is -2.09. The molecule has 0 aliphatic heterocycles. The fourth-order valence-electron chi connectivity index (χ4n) is 2.78. The van der Waals surface area contributed by atoms with Crippen molar-refractivity contribution in [3.05, 3.63) is 66.2 Å². The molecule has 1 amide bonds. The average molecular weight is 391 g/mol. The van der Waals surface area contributed by atoms with E-state index in [4.69, 9.17) is 9.47 Å². The molecule has 0 bridgehead atoms. The van der Waals surface area contributed by atoms with Crippen molar-refractivity contribution in [2.75, 3.05) is 19.0 Å². The van der Waals surface area contributed by atoms with Gasteiger partial charge in [-0.2, -0.15) is 5.10 Å². The number of ether oxygens (including phenoxy) is 2. The highest BCUT2D eigenvalue weighted by Gasteiger charge is 2.07. The molecule has 3 aromatic carbocycles. The fourth-order valence-corrected chi connectivity index (χ4v) is 2.78. The number of esters is 1. The Bertz CT molecular complexity index is 1060. The number of hydrogen-bond donors (Lipinski definition) is 2. The largest absolute Gasteiger partial charge is 0.493 e. The molecule has 3 rings (SSSR count). The second-order valence-corrected chi connectivity index (χ2v) is 6.18. The number of hydrazone groups is 1. The molecule has 7 nitrogen and oxygen atoms in total. The molecular formula is C22H21N3O4. The minimum Gasteiger partial charge on any atom is -0.493 e. The van der Waals surface area contributed by atoms with Gasteiger partial charge in [-0.3, -0.25) is 9.59 Å². The number of nitrogens with one attached hydrogen (secondary N) is 2. The van der Waals surface area contributed by atoms with Gasteiger partial charge in [0.2, 0.25) is 0 Å². The zero-order valence-electron chi connectivity index (χ0n) is 16.1. The lowest BCUT2D eigenvalue weighted by Crippen LogP contribution is -2.25. The van der Waals surface area contributed by atoms with Crippen molar-refractivity contribution in [3.63, 3.8) is 0 Å². The summed E-state index contributed by atoms with van der Waals surface area (Å²) in [5.74, 6) is 0.00179. The Labute approximate surface area is 168 Å². The molecule has 148 valence electrons. The molecule has 29 heavy (non-hydrogen) atoms. The summed E-state index contributed by atoms with van der Waals surface area (Å²) < 4.78 is 10.3. The second-order valence-electron chi connectivity index (χ2n) is 6.18. The Balaban J connectivity index is 1.57. The third kappa shape index (κ3) is 5.32. The van der Waals surface area contributed by atoms with Crippen LogP contribution in [0.3, 0.4) is 0 Å². The van der Waals surface area contributed by atoms with Gasteiger partial charge in [0.1, 0.15) is 0 Å². The quantitative estimate of drug-likeness (QED) is 0.279. The second kappa shape index (κ2) is 9.36. The van der Waals surface area contributed by atoms with E-state index in [1.165, 1.54) is 20.2 Å². The summed E-state index contributed by atoms with van der Waals surface area (Å²) in [7, 11) is 1.48. The van der Waals surface area contributed by atoms with Crippen molar-refractivity contribution in [2.24, 2.45) is 5.10 Å². The Morgan fingerprint density at radius 2 is 1.83 bits per heavy atom. The summed E-state index contributed by atoms with van der Waals surface area (Å²) in [4.78, 5) is 23.2. The minimum atomic E-state index is -0.435. The van der Waals surface area contributed by atoms with Crippen molar-refractivity contribution < 1.29 is 19.1 Å². The number of rotatable bonds is 7. The molecule has 0 spiro atoms. The molecule has 0 saturated heterocycles. The van der Waals surface area contributed by atoms with Gasteiger partial charge in [0.05, 0.1) is 19.9 Å². The number of amides is 1. The van der Waals surface area contributed by atoms with Crippen LogP contribution in [-0.2, 0) is 9.59 Å². The molecule has 0 saturated carbocycles. The monoisotopic (exact) mass is 391 g/mol. The average Bonchev–Trinajstić information content (AvgIpc) is 2.72. The molecule has 0 fully saturated rings. The van der Waals surface area contributed by atoms with Gasteiger partial charge in [-0.05, 0) is 35.2 Å². The van der Waals surface area contributed by atoms with Crippen molar-refractivity contribution in [1.29, 1.82) is 0 Å². The van der Waals surface area contributed by atoms with Gasteiger partial charge in [0, 0.05) is 18.0 Å². The third-order valence-corrected chi connectivity index (χ3v) is 4.07. The summed E-state index contributed by atoms with van der Waals surface area (Å²) in [5.41, 5.74) is 4.04. The normalized spacial score (nSPS) is 10.7. The lowest BCUT2D eigenvalue weighted by molar-refractivity contribution is -0.132. The Morgan fingerprint density at radius 1 is 1.03 bits per heavy atom. The molecule has 0 unspecified atom stereocenters. The van der Waals surface area contributed by atoms with Gasteiger partial charge in [0.25, 0.3) is 5.91 Å². The highest BCUT2D eigenvalue weighted by Crippen LogP contribution is 2.27. The predicted octanol–water partition coefficient (Wildman–Crippen LogP) is 3.34. The molecule has 2 N–H and O–H groups in total. The van der Waals surface area contributed by atoms with Gasteiger partial charge < -0.3 is 14.8 Å². The van der Waals surface area contributed by atoms with E-state index >= 15 is 0 Å². The standard InChI is InChI=1S/C22H21N3O4/c1-15(26)29-20-11-10-16(12-21(20)28-2)13-24-25-22(27)14-23-19-9-5-7-17-6-3-4-8-18(17)19/h3-13,23H,14H2,1-2H3,(H,25,27)/b24-13-. The summed E-state index contributed by atoms with van der Waals surface area (Å²) in [6.07, 6.45) is 1.48. The minimum absolute atomic E-state index is 0.0834. The zero-order chi connectivity index (χ0) is 20.6. The molecule has 7 heteroatoms. The van der Waals surface area contributed by atoms with Crippen LogP contribution >= 0.6 is 0 Å². The van der Waals surface area contributed by atoms with Gasteiger partial charge in [-0.1, -0.05) is 36.4 Å². The van der Waals surface area contributed by atoms with Gasteiger partial charge in [-0.15, -0.1) is 0 Å². The number of benzene rings is 3. The molecule has 0 radical (unpaired) electrons. The van der Waals surface area contributed by atoms with Gasteiger partial charge >= 0.3 is 5.97 Å². The van der Waals surface area contributed by atoms with Crippen LogP contribution in [0.1, 0.15) is 12.5 Å². The predicted molar refractivity (Wildman–Crippen MR) is 112 cm³/mol. The number of carbonyl (C=O) groups excluding carboxylic acids is 2. The molecule has 0 atom stereocenters. The molecular weight excluding hydrogens is 370 g/mol. The van der Waals surface area contributed by atoms with Crippen LogP contribution in [0.5, 0.6) is 11.5 Å². The Kier molecular flexibility index (Phi) is 6.42. The van der Waals surface area contributed by atoms with E-state index in [1.807, 2.05) is 42.5 Å². The number of anilines is 1. The maximum Gasteiger partial charge on any atom is 0.308 e. The van der Waals surface area contributed by atoms with Crippen LogP contribution in [0.15, 0.2) is 65.8 Å². The van der Waals surface area contributed by atoms with Crippen molar-refractivity contribution in [2.45, 2.75) is 6.92 Å². The van der Waals surface area contributed by atoms with Crippen molar-refractivity contribution in [1.82, 2.24) is 5.43 Å². The SMILES string of the molecule is COc1cc(/C=N\NC(=O)CNc2cccc3ccccc23)ccc1OC(C)=O. The number of methoxy groups -OCH3 is 1. The van der Waals surface area contributed by atoms with Crippen LogP contribution in [0.25, 0.3) is 10.8 Å². The third-order valence-electron chi connectivity index (χ3n) is 4.07. The number of carbonyl (C=O) groups is 2. The first kappa shape index (κ1) is 19.9. The summed E-state index contributed by atoms with van der Waals surface area (Å²) >= 11 is 0. The smallest absolute Gasteiger partial charge is 0.308 e. The first-order chi connectivity index (χ1) is 14.1. The van der Waals surface area contributed by atoms with Crippen LogP contribution in [-0.4, -0.2) is 31.7 Å². The van der Waals surface area contributed by atoms with Crippen LogP contribution in [0, 0.1) is 0 Å². The van der Waals surface area contributed by atoms with Crippen molar-refractivity contribution >= 4 is 34.6 Å². The maximum atomic E-state index is 12.1. The van der Waals surface area contributed by atoms with Crippen LogP contribution in [0.4, 0.5) is 5.69 Å². The van der Waals surface area contributed by atoms with Crippen LogP contribution in [0.2, 0.25) is 0 Å². The molecule has 3 aromatic rings. The highest BCUT2D eigenvalue weighted by atomic mass is 16.6. The lowest BCUT2D eigenvalue weighted by atomic mass is 10.1.